The number of para-hydroxylation sites is 1. The molecule has 1 aliphatic carbocycles. The fourth-order valence-electron chi connectivity index (χ4n) is 4.74. The van der Waals surface area contributed by atoms with Crippen LogP contribution in [0.5, 0.6) is 5.75 Å². The number of benzene rings is 1. The number of fused-ring (bicyclic) bond motifs is 1. The van der Waals surface area contributed by atoms with Crippen molar-refractivity contribution < 1.29 is 9.84 Å². The normalized spacial score (nSPS) is 14.8. The maximum absolute atomic E-state index is 9.68. The highest BCUT2D eigenvalue weighted by Gasteiger charge is 2.22. The largest absolute Gasteiger partial charge is 0.496 e. The van der Waals surface area contributed by atoms with E-state index in [1.807, 2.05) is 49.8 Å². The number of hydrogen-bond acceptors (Lipinski definition) is 8. The molecule has 1 unspecified atom stereocenters. The van der Waals surface area contributed by atoms with E-state index in [0.29, 0.717) is 24.4 Å². The van der Waals surface area contributed by atoms with Gasteiger partial charge in [-0.2, -0.15) is 9.97 Å². The van der Waals surface area contributed by atoms with Gasteiger partial charge < -0.3 is 25.0 Å². The van der Waals surface area contributed by atoms with Gasteiger partial charge in [-0.3, -0.25) is 4.98 Å². The Balaban J connectivity index is 1.40. The number of rotatable bonds is 10. The van der Waals surface area contributed by atoms with Crippen LogP contribution in [0.1, 0.15) is 50.6 Å². The van der Waals surface area contributed by atoms with Crippen molar-refractivity contribution in [2.24, 2.45) is 0 Å². The van der Waals surface area contributed by atoms with Crippen molar-refractivity contribution in [1.29, 1.82) is 0 Å². The molecule has 1 atom stereocenters. The first-order valence-corrected chi connectivity index (χ1v) is 12.6. The summed E-state index contributed by atoms with van der Waals surface area (Å²) in [5.74, 6) is 1.96. The molecule has 0 radical (unpaired) electrons. The summed E-state index contributed by atoms with van der Waals surface area (Å²) < 4.78 is 7.66. The molecular formula is C27H33N7O2. The highest BCUT2D eigenvalue weighted by molar-refractivity contribution is 5.84. The molecule has 9 nitrogen and oxygen atoms in total. The number of pyridine rings is 1. The molecule has 1 fully saturated rings. The molecule has 36 heavy (non-hydrogen) atoms. The summed E-state index contributed by atoms with van der Waals surface area (Å²) >= 11 is 0. The zero-order valence-electron chi connectivity index (χ0n) is 20.8. The molecule has 1 aliphatic rings. The van der Waals surface area contributed by atoms with Crippen molar-refractivity contribution in [2.75, 3.05) is 24.4 Å². The highest BCUT2D eigenvalue weighted by atomic mass is 16.5. The Morgan fingerprint density at radius 3 is 2.67 bits per heavy atom. The second-order valence-electron chi connectivity index (χ2n) is 9.20. The monoisotopic (exact) mass is 487 g/mol. The third kappa shape index (κ3) is 4.97. The topological polar surface area (TPSA) is 110 Å². The summed E-state index contributed by atoms with van der Waals surface area (Å²) in [6.07, 6.45) is 9.25. The minimum absolute atomic E-state index is 0.0206. The zero-order valence-corrected chi connectivity index (χ0v) is 20.8. The lowest BCUT2D eigenvalue weighted by molar-refractivity contribution is 0.271. The van der Waals surface area contributed by atoms with Crippen molar-refractivity contribution in [3.63, 3.8) is 0 Å². The smallest absolute Gasteiger partial charge is 0.227 e. The van der Waals surface area contributed by atoms with E-state index in [4.69, 9.17) is 14.7 Å². The molecule has 0 spiro atoms. The van der Waals surface area contributed by atoms with Crippen LogP contribution in [0.25, 0.3) is 22.4 Å². The summed E-state index contributed by atoms with van der Waals surface area (Å²) in [4.78, 5) is 18.9. The number of hydrogen-bond donors (Lipinski definition) is 3. The summed E-state index contributed by atoms with van der Waals surface area (Å²) in [5, 5.41) is 16.4. The Labute approximate surface area is 211 Å². The standard InChI is InChI=1S/C27H33N7O2/c1-3-19(16-35)31-27-32-25(24-26(33-27)34(17-30-24)20-8-4-5-9-20)29-15-18-12-13-22(28-14-18)21-10-6-7-11-23(21)36-2/h6-7,10-14,17,19-20,35H,3-5,8-9,15-16H2,1-2H3,(H2,29,31,32,33). The molecule has 0 amide bonds. The lowest BCUT2D eigenvalue weighted by Gasteiger charge is -2.17. The number of methoxy groups -OCH3 is 1. The Hall–Kier alpha value is -3.72. The Morgan fingerprint density at radius 1 is 1.11 bits per heavy atom. The van der Waals surface area contributed by atoms with Crippen LogP contribution in [0.15, 0.2) is 48.9 Å². The number of aromatic nitrogens is 5. The number of aliphatic hydroxyl groups is 1. The van der Waals surface area contributed by atoms with Crippen molar-refractivity contribution in [2.45, 2.75) is 57.7 Å². The van der Waals surface area contributed by atoms with Gasteiger partial charge in [0, 0.05) is 24.3 Å². The van der Waals surface area contributed by atoms with Crippen molar-refractivity contribution in [3.8, 4) is 17.0 Å². The van der Waals surface area contributed by atoms with Gasteiger partial charge in [-0.15, -0.1) is 0 Å². The molecule has 1 aromatic carbocycles. The number of ether oxygens (including phenoxy) is 1. The molecule has 0 saturated heterocycles. The second-order valence-corrected chi connectivity index (χ2v) is 9.20. The van der Waals surface area contributed by atoms with Crippen LogP contribution < -0.4 is 15.4 Å². The number of anilines is 2. The fourth-order valence-corrected chi connectivity index (χ4v) is 4.74. The molecule has 9 heteroatoms. The number of nitrogens with one attached hydrogen (secondary N) is 2. The van der Waals surface area contributed by atoms with Gasteiger partial charge in [0.15, 0.2) is 17.0 Å². The summed E-state index contributed by atoms with van der Waals surface area (Å²) in [5.41, 5.74) is 4.41. The van der Waals surface area contributed by atoms with Gasteiger partial charge >= 0.3 is 0 Å². The van der Waals surface area contributed by atoms with Gasteiger partial charge in [0.1, 0.15) is 5.75 Å². The van der Waals surface area contributed by atoms with Crippen LogP contribution in [0, 0.1) is 0 Å². The molecule has 3 aromatic heterocycles. The Bertz CT molecular complexity index is 1300. The number of imidazole rings is 1. The predicted molar refractivity (Wildman–Crippen MR) is 141 cm³/mol. The second kappa shape index (κ2) is 10.9. The van der Waals surface area contributed by atoms with Crippen LogP contribution in [-0.4, -0.2) is 49.4 Å². The van der Waals surface area contributed by atoms with E-state index in [1.54, 1.807) is 7.11 Å². The maximum Gasteiger partial charge on any atom is 0.227 e. The van der Waals surface area contributed by atoms with Crippen LogP contribution in [-0.2, 0) is 6.54 Å². The number of aliphatic hydroxyl groups excluding tert-OH is 1. The minimum atomic E-state index is -0.107. The van der Waals surface area contributed by atoms with E-state index in [2.05, 4.69) is 31.2 Å². The van der Waals surface area contributed by atoms with E-state index in [-0.39, 0.29) is 12.6 Å². The predicted octanol–water partition coefficient (Wildman–Crippen LogP) is 4.81. The quantitative estimate of drug-likeness (QED) is 0.292. The Morgan fingerprint density at radius 2 is 1.94 bits per heavy atom. The van der Waals surface area contributed by atoms with E-state index >= 15 is 0 Å². The first-order valence-electron chi connectivity index (χ1n) is 12.6. The summed E-state index contributed by atoms with van der Waals surface area (Å²) in [6.45, 7) is 2.58. The van der Waals surface area contributed by atoms with E-state index < -0.39 is 0 Å². The lowest BCUT2D eigenvalue weighted by Crippen LogP contribution is -2.24. The molecule has 188 valence electrons. The van der Waals surface area contributed by atoms with Crippen LogP contribution in [0.3, 0.4) is 0 Å². The molecule has 0 bridgehead atoms. The van der Waals surface area contributed by atoms with Gasteiger partial charge in [0.2, 0.25) is 5.95 Å². The van der Waals surface area contributed by atoms with Crippen molar-refractivity contribution >= 4 is 22.9 Å². The van der Waals surface area contributed by atoms with Gasteiger partial charge in [-0.25, -0.2) is 4.98 Å². The minimum Gasteiger partial charge on any atom is -0.496 e. The van der Waals surface area contributed by atoms with Crippen LogP contribution >= 0.6 is 0 Å². The summed E-state index contributed by atoms with van der Waals surface area (Å²) in [7, 11) is 1.67. The lowest BCUT2D eigenvalue weighted by atomic mass is 10.1. The SMILES string of the molecule is CCC(CO)Nc1nc(NCc2ccc(-c3ccccc3OC)nc2)c2ncn(C3CCCC3)c2n1. The third-order valence-electron chi connectivity index (χ3n) is 6.85. The van der Waals surface area contributed by atoms with Gasteiger partial charge in [-0.1, -0.05) is 38.0 Å². The molecule has 0 aliphatic heterocycles. The average molecular weight is 488 g/mol. The number of nitrogens with zero attached hydrogens (tertiary/aromatic N) is 5. The molecule has 3 heterocycles. The highest BCUT2D eigenvalue weighted by Crippen LogP contribution is 2.33. The van der Waals surface area contributed by atoms with Gasteiger partial charge in [0.05, 0.1) is 31.8 Å². The molecule has 3 N–H and O–H groups in total. The maximum atomic E-state index is 9.68. The van der Waals surface area contributed by atoms with E-state index in [9.17, 15) is 5.11 Å². The van der Waals surface area contributed by atoms with E-state index in [0.717, 1.165) is 53.0 Å². The zero-order chi connectivity index (χ0) is 24.9. The first-order chi connectivity index (χ1) is 17.7. The fraction of sp³-hybridized carbons (Fsp3) is 0.407. The van der Waals surface area contributed by atoms with Gasteiger partial charge in [0.25, 0.3) is 0 Å². The molecule has 5 rings (SSSR count). The van der Waals surface area contributed by atoms with Gasteiger partial charge in [-0.05, 0) is 43.0 Å². The third-order valence-corrected chi connectivity index (χ3v) is 6.85. The van der Waals surface area contributed by atoms with Crippen molar-refractivity contribution in [3.05, 3.63) is 54.5 Å². The Kier molecular flexibility index (Phi) is 7.27. The molecule has 4 aromatic rings. The molecular weight excluding hydrogens is 454 g/mol. The van der Waals surface area contributed by atoms with Crippen LogP contribution in [0.2, 0.25) is 0 Å². The van der Waals surface area contributed by atoms with E-state index in [1.165, 1.54) is 12.8 Å². The average Bonchev–Trinajstić information content (AvgIpc) is 3.61. The summed E-state index contributed by atoms with van der Waals surface area (Å²) in [6, 6.07) is 12.2. The molecule has 1 saturated carbocycles. The first kappa shape index (κ1) is 24.0. The van der Waals surface area contributed by atoms with Crippen molar-refractivity contribution in [1.82, 2.24) is 24.5 Å². The van der Waals surface area contributed by atoms with Crippen LogP contribution in [0.4, 0.5) is 11.8 Å².